The number of carbonyl (C=O) groups is 1. The van der Waals surface area contributed by atoms with Crippen molar-refractivity contribution >= 4 is 29.0 Å². The van der Waals surface area contributed by atoms with Crippen molar-refractivity contribution in [3.05, 3.63) is 59.4 Å². The molecule has 0 atom stereocenters. The number of aryl methyl sites for hydroxylation is 1. The molecule has 1 saturated heterocycles. The molecule has 0 unspecified atom stereocenters. The van der Waals surface area contributed by atoms with Crippen molar-refractivity contribution in [2.24, 2.45) is 0 Å². The molecule has 1 amide bonds. The van der Waals surface area contributed by atoms with Crippen molar-refractivity contribution in [1.29, 1.82) is 0 Å². The molecular weight excluding hydrogens is 373 g/mol. The Kier molecular flexibility index (Phi) is 7.34. The van der Waals surface area contributed by atoms with E-state index in [1.165, 1.54) is 35.1 Å². The fraction of sp³-hybridized carbons (Fsp3) is 0.409. The zero-order valence-corrected chi connectivity index (χ0v) is 17.4. The maximum absolute atomic E-state index is 12.9. The van der Waals surface area contributed by atoms with Crippen LogP contribution in [0.3, 0.4) is 0 Å². The van der Waals surface area contributed by atoms with Gasteiger partial charge in [0.05, 0.1) is 5.75 Å². The van der Waals surface area contributed by atoms with Gasteiger partial charge < -0.3 is 15.1 Å². The molecule has 1 N–H and O–H groups in total. The summed E-state index contributed by atoms with van der Waals surface area (Å²) in [6.07, 6.45) is 0. The first-order valence-corrected chi connectivity index (χ1v) is 10.9. The number of halogens is 1. The van der Waals surface area contributed by atoms with E-state index in [9.17, 15) is 9.18 Å². The van der Waals surface area contributed by atoms with E-state index >= 15 is 0 Å². The lowest BCUT2D eigenvalue weighted by molar-refractivity contribution is -0.113. The average Bonchev–Trinajstić information content (AvgIpc) is 2.70. The van der Waals surface area contributed by atoms with E-state index in [-0.39, 0.29) is 11.7 Å². The first kappa shape index (κ1) is 20.7. The van der Waals surface area contributed by atoms with E-state index in [1.54, 1.807) is 12.1 Å². The molecule has 2 aromatic rings. The zero-order chi connectivity index (χ0) is 19.9. The number of benzene rings is 2. The van der Waals surface area contributed by atoms with E-state index in [2.05, 4.69) is 35.0 Å². The fourth-order valence-corrected chi connectivity index (χ4v) is 4.22. The monoisotopic (exact) mass is 401 g/mol. The van der Waals surface area contributed by atoms with Crippen molar-refractivity contribution in [2.75, 3.05) is 48.7 Å². The number of carbonyl (C=O) groups excluding carboxylic acids is 1. The van der Waals surface area contributed by atoms with Gasteiger partial charge >= 0.3 is 0 Å². The van der Waals surface area contributed by atoms with Gasteiger partial charge in [0.15, 0.2) is 0 Å². The second-order valence-corrected chi connectivity index (χ2v) is 8.08. The molecule has 3 rings (SSSR count). The summed E-state index contributed by atoms with van der Waals surface area (Å²) in [5, 5.41) is 2.98. The third-order valence-corrected chi connectivity index (χ3v) is 6.06. The number of rotatable bonds is 7. The third-order valence-electron chi connectivity index (χ3n) is 5.06. The summed E-state index contributed by atoms with van der Waals surface area (Å²) in [7, 11) is 0. The molecule has 6 heteroatoms. The lowest BCUT2D eigenvalue weighted by Gasteiger charge is -2.36. The van der Waals surface area contributed by atoms with Crippen molar-refractivity contribution in [3.8, 4) is 0 Å². The molecule has 0 aromatic heterocycles. The van der Waals surface area contributed by atoms with Gasteiger partial charge in [-0.2, -0.15) is 0 Å². The number of amides is 1. The van der Waals surface area contributed by atoms with Gasteiger partial charge in [-0.05, 0) is 54.9 Å². The van der Waals surface area contributed by atoms with Crippen LogP contribution in [0.1, 0.15) is 18.1 Å². The lowest BCUT2D eigenvalue weighted by Crippen LogP contribution is -2.46. The van der Waals surface area contributed by atoms with Gasteiger partial charge in [-0.25, -0.2) is 4.39 Å². The molecular formula is C22H28FN3OS. The number of nitrogens with zero attached hydrogens (tertiary/aromatic N) is 2. The van der Waals surface area contributed by atoms with Gasteiger partial charge in [0, 0.05) is 43.3 Å². The summed E-state index contributed by atoms with van der Waals surface area (Å²) in [5.74, 6) is 0.806. The van der Waals surface area contributed by atoms with Gasteiger partial charge in [-0.3, -0.25) is 4.79 Å². The Labute approximate surface area is 171 Å². The first-order chi connectivity index (χ1) is 13.5. The normalized spacial score (nSPS) is 14.9. The number of likely N-dealkylation sites (N-methyl/N-ethyl adjacent to an activating group) is 1. The summed E-state index contributed by atoms with van der Waals surface area (Å²) >= 11 is 1.52. The Balaban J connectivity index is 1.48. The smallest absolute Gasteiger partial charge is 0.234 e. The molecule has 28 heavy (non-hydrogen) atoms. The molecule has 150 valence electrons. The van der Waals surface area contributed by atoms with Crippen LogP contribution in [0.4, 0.5) is 15.8 Å². The van der Waals surface area contributed by atoms with Crippen LogP contribution < -0.4 is 10.2 Å². The minimum absolute atomic E-state index is 0.0178. The predicted molar refractivity (Wildman–Crippen MR) is 117 cm³/mol. The number of hydrogen-bond donors (Lipinski definition) is 1. The van der Waals surface area contributed by atoms with Crippen LogP contribution in [0.2, 0.25) is 0 Å². The Morgan fingerprint density at radius 2 is 1.82 bits per heavy atom. The summed E-state index contributed by atoms with van der Waals surface area (Å²) in [5.41, 5.74) is 4.28. The van der Waals surface area contributed by atoms with Crippen molar-refractivity contribution in [1.82, 2.24) is 4.90 Å². The van der Waals surface area contributed by atoms with Crippen LogP contribution >= 0.6 is 11.8 Å². The molecule has 1 heterocycles. The second-order valence-electron chi connectivity index (χ2n) is 7.09. The van der Waals surface area contributed by atoms with Crippen LogP contribution in [0.25, 0.3) is 0 Å². The van der Waals surface area contributed by atoms with Gasteiger partial charge in [0.2, 0.25) is 5.91 Å². The lowest BCUT2D eigenvalue weighted by atomic mass is 10.1. The SMILES string of the molecule is CCN1CCN(c2ccc(NC(=O)CSCc3ccc(F)cc3)cc2C)CC1. The van der Waals surface area contributed by atoms with Crippen molar-refractivity contribution < 1.29 is 9.18 Å². The number of anilines is 2. The zero-order valence-electron chi connectivity index (χ0n) is 16.6. The topological polar surface area (TPSA) is 35.6 Å². The summed E-state index contributed by atoms with van der Waals surface area (Å²) in [6, 6.07) is 12.5. The molecule has 0 aliphatic carbocycles. The minimum Gasteiger partial charge on any atom is -0.369 e. The molecule has 1 aliphatic heterocycles. The van der Waals surface area contributed by atoms with Crippen LogP contribution in [0.5, 0.6) is 0 Å². The standard InChI is InChI=1S/C22H28FN3OS/c1-3-25-10-12-26(13-11-25)21-9-8-20(14-17(21)2)24-22(27)16-28-15-18-4-6-19(23)7-5-18/h4-9,14H,3,10-13,15-16H2,1-2H3,(H,24,27). The minimum atomic E-state index is -0.238. The highest BCUT2D eigenvalue weighted by molar-refractivity contribution is 7.99. The van der Waals surface area contributed by atoms with E-state index < -0.39 is 0 Å². The molecule has 0 bridgehead atoms. The maximum atomic E-state index is 12.9. The van der Waals surface area contributed by atoms with Gasteiger partial charge in [0.25, 0.3) is 0 Å². The molecule has 0 radical (unpaired) electrons. The molecule has 1 fully saturated rings. The second kappa shape index (κ2) is 9.94. The fourth-order valence-electron chi connectivity index (χ4n) is 3.43. The Morgan fingerprint density at radius 3 is 2.46 bits per heavy atom. The number of nitrogens with one attached hydrogen (secondary N) is 1. The van der Waals surface area contributed by atoms with Crippen molar-refractivity contribution in [3.63, 3.8) is 0 Å². The Morgan fingerprint density at radius 1 is 1.11 bits per heavy atom. The van der Waals surface area contributed by atoms with Crippen molar-refractivity contribution in [2.45, 2.75) is 19.6 Å². The molecule has 4 nitrogen and oxygen atoms in total. The summed E-state index contributed by atoms with van der Waals surface area (Å²) < 4.78 is 12.9. The van der Waals surface area contributed by atoms with E-state index in [4.69, 9.17) is 0 Å². The quantitative estimate of drug-likeness (QED) is 0.756. The highest BCUT2D eigenvalue weighted by atomic mass is 32.2. The maximum Gasteiger partial charge on any atom is 0.234 e. The Hall–Kier alpha value is -2.05. The third kappa shape index (κ3) is 5.72. The van der Waals surface area contributed by atoms with E-state index in [1.807, 2.05) is 12.1 Å². The van der Waals surface area contributed by atoms with Gasteiger partial charge in [-0.1, -0.05) is 19.1 Å². The van der Waals surface area contributed by atoms with Crippen LogP contribution in [0.15, 0.2) is 42.5 Å². The largest absolute Gasteiger partial charge is 0.369 e. The highest BCUT2D eigenvalue weighted by Gasteiger charge is 2.17. The average molecular weight is 402 g/mol. The predicted octanol–water partition coefficient (Wildman–Crippen LogP) is 4.15. The van der Waals surface area contributed by atoms with Crippen LogP contribution in [-0.4, -0.2) is 49.3 Å². The van der Waals surface area contributed by atoms with Crippen LogP contribution in [0, 0.1) is 12.7 Å². The number of thioether (sulfide) groups is 1. The molecule has 0 saturated carbocycles. The summed E-state index contributed by atoms with van der Waals surface area (Å²) in [6.45, 7) is 9.69. The highest BCUT2D eigenvalue weighted by Crippen LogP contribution is 2.25. The number of piperazine rings is 1. The van der Waals surface area contributed by atoms with E-state index in [0.29, 0.717) is 11.5 Å². The van der Waals surface area contributed by atoms with Gasteiger partial charge in [-0.15, -0.1) is 11.8 Å². The summed E-state index contributed by atoms with van der Waals surface area (Å²) in [4.78, 5) is 17.1. The van der Waals surface area contributed by atoms with Gasteiger partial charge in [0.1, 0.15) is 5.82 Å². The number of hydrogen-bond acceptors (Lipinski definition) is 4. The molecule has 1 aliphatic rings. The van der Waals surface area contributed by atoms with E-state index in [0.717, 1.165) is 44.0 Å². The molecule has 2 aromatic carbocycles. The van der Waals surface area contributed by atoms with Crippen LogP contribution in [-0.2, 0) is 10.5 Å². The first-order valence-electron chi connectivity index (χ1n) is 9.75. The molecule has 0 spiro atoms. The Bertz CT molecular complexity index is 789.